The fraction of sp³-hybridized carbons (Fsp3) is 0.533. The summed E-state index contributed by atoms with van der Waals surface area (Å²) < 4.78 is 21.8. The van der Waals surface area contributed by atoms with Crippen LogP contribution >= 0.6 is 15.9 Å². The Bertz CT molecular complexity index is 456. The van der Waals surface area contributed by atoms with E-state index in [0.717, 1.165) is 23.1 Å². The topological polar surface area (TPSA) is 57.3 Å². The number of ether oxygens (including phenoxy) is 4. The van der Waals surface area contributed by atoms with Crippen LogP contribution in [0.25, 0.3) is 0 Å². The molecule has 6 heteroatoms. The maximum Gasteiger partial charge on any atom is 0.510 e. The molecule has 2 rings (SSSR count). The van der Waals surface area contributed by atoms with Crippen LogP contribution in [0.1, 0.15) is 26.2 Å². The number of rotatable bonds is 8. The van der Waals surface area contributed by atoms with Crippen LogP contribution in [-0.2, 0) is 14.2 Å². The third-order valence-corrected chi connectivity index (χ3v) is 3.56. The zero-order valence-corrected chi connectivity index (χ0v) is 13.6. The lowest BCUT2D eigenvalue weighted by atomic mass is 10.2. The van der Waals surface area contributed by atoms with E-state index in [1.165, 1.54) is 0 Å². The van der Waals surface area contributed by atoms with Gasteiger partial charge in [0, 0.05) is 10.9 Å². The van der Waals surface area contributed by atoms with Crippen LogP contribution in [0.4, 0.5) is 4.79 Å². The third-order valence-electron chi connectivity index (χ3n) is 3.03. The highest BCUT2D eigenvalue weighted by atomic mass is 79.9. The summed E-state index contributed by atoms with van der Waals surface area (Å²) in [6, 6.07) is 7.71. The molecule has 0 spiro atoms. The molecule has 5 nitrogen and oxygen atoms in total. The minimum Gasteiger partial charge on any atom is -0.494 e. The first kappa shape index (κ1) is 16.1. The van der Waals surface area contributed by atoms with Crippen LogP contribution in [0.3, 0.4) is 0 Å². The smallest absolute Gasteiger partial charge is 0.494 e. The summed E-state index contributed by atoms with van der Waals surface area (Å²) in [5, 5.41) is 0. The highest BCUT2D eigenvalue weighted by Crippen LogP contribution is 2.34. The molecule has 0 radical (unpaired) electrons. The van der Waals surface area contributed by atoms with Gasteiger partial charge in [-0.05, 0) is 44.0 Å². The summed E-state index contributed by atoms with van der Waals surface area (Å²) in [6.45, 7) is 3.10. The first-order chi connectivity index (χ1) is 10.1. The van der Waals surface area contributed by atoms with E-state index in [9.17, 15) is 4.79 Å². The SMILES string of the molecule is CCOC(=O)OC1(CCCCOc2ccc(Br)cc2)CO1. The Hall–Kier alpha value is -1.27. The molecule has 1 saturated heterocycles. The van der Waals surface area contributed by atoms with Crippen molar-refractivity contribution in [3.63, 3.8) is 0 Å². The summed E-state index contributed by atoms with van der Waals surface area (Å²) in [5.41, 5.74) is 0. The highest BCUT2D eigenvalue weighted by molar-refractivity contribution is 9.10. The van der Waals surface area contributed by atoms with E-state index in [1.54, 1.807) is 6.92 Å². The standard InChI is InChI=1S/C15H19BrO5/c1-2-18-14(17)21-15(11-20-15)9-3-4-10-19-13-7-5-12(16)6-8-13/h5-8H,2-4,9-11H2,1H3. The normalized spacial score (nSPS) is 19.9. The van der Waals surface area contributed by atoms with Gasteiger partial charge in [0.15, 0.2) is 0 Å². The van der Waals surface area contributed by atoms with Crippen LogP contribution in [0.5, 0.6) is 5.75 Å². The summed E-state index contributed by atoms with van der Waals surface area (Å²) >= 11 is 3.38. The van der Waals surface area contributed by atoms with E-state index < -0.39 is 11.9 Å². The van der Waals surface area contributed by atoms with Gasteiger partial charge in [-0.15, -0.1) is 0 Å². The summed E-state index contributed by atoms with van der Waals surface area (Å²) in [4.78, 5) is 11.2. The number of halogens is 1. The van der Waals surface area contributed by atoms with Crippen LogP contribution in [0.2, 0.25) is 0 Å². The lowest BCUT2D eigenvalue weighted by Crippen LogP contribution is -2.22. The maximum absolute atomic E-state index is 11.2. The monoisotopic (exact) mass is 358 g/mol. The van der Waals surface area contributed by atoms with E-state index in [1.807, 2.05) is 24.3 Å². The molecular formula is C15H19BrO5. The van der Waals surface area contributed by atoms with Crippen LogP contribution in [0.15, 0.2) is 28.7 Å². The van der Waals surface area contributed by atoms with Gasteiger partial charge in [-0.1, -0.05) is 15.9 Å². The molecule has 0 N–H and O–H groups in total. The van der Waals surface area contributed by atoms with Crippen molar-refractivity contribution in [3.8, 4) is 5.75 Å². The Morgan fingerprint density at radius 1 is 1.33 bits per heavy atom. The number of carbonyl (C=O) groups excluding carboxylic acids is 1. The van der Waals surface area contributed by atoms with Gasteiger partial charge >= 0.3 is 6.16 Å². The van der Waals surface area contributed by atoms with Crippen molar-refractivity contribution in [3.05, 3.63) is 28.7 Å². The van der Waals surface area contributed by atoms with E-state index in [4.69, 9.17) is 18.9 Å². The number of benzene rings is 1. The van der Waals surface area contributed by atoms with Crippen LogP contribution in [-0.4, -0.2) is 31.8 Å². The van der Waals surface area contributed by atoms with Crippen molar-refractivity contribution in [2.24, 2.45) is 0 Å². The molecule has 1 aliphatic rings. The minimum atomic E-state index is -0.760. The number of unbranched alkanes of at least 4 members (excludes halogenated alkanes) is 1. The zero-order valence-electron chi connectivity index (χ0n) is 12.0. The predicted molar refractivity (Wildman–Crippen MR) is 80.3 cm³/mol. The van der Waals surface area contributed by atoms with E-state index in [2.05, 4.69) is 15.9 Å². The zero-order chi connectivity index (χ0) is 15.1. The highest BCUT2D eigenvalue weighted by Gasteiger charge is 2.49. The molecule has 1 unspecified atom stereocenters. The quantitative estimate of drug-likeness (QED) is 0.400. The van der Waals surface area contributed by atoms with Crippen molar-refractivity contribution in [2.75, 3.05) is 19.8 Å². The summed E-state index contributed by atoms with van der Waals surface area (Å²) in [5.74, 6) is 0.0856. The summed E-state index contributed by atoms with van der Waals surface area (Å²) in [6.07, 6.45) is 1.72. The second-order valence-electron chi connectivity index (χ2n) is 4.74. The molecule has 0 aromatic heterocycles. The number of epoxide rings is 1. The Kier molecular flexibility index (Phi) is 5.87. The van der Waals surface area contributed by atoms with Gasteiger partial charge in [-0.2, -0.15) is 0 Å². The average molecular weight is 359 g/mol. The van der Waals surface area contributed by atoms with Gasteiger partial charge in [-0.25, -0.2) is 4.79 Å². The first-order valence-electron chi connectivity index (χ1n) is 7.02. The van der Waals surface area contributed by atoms with Crippen molar-refractivity contribution in [2.45, 2.75) is 32.0 Å². The van der Waals surface area contributed by atoms with Gasteiger partial charge in [-0.3, -0.25) is 0 Å². The minimum absolute atomic E-state index is 0.302. The van der Waals surface area contributed by atoms with Gasteiger partial charge in [0.1, 0.15) is 12.4 Å². The molecule has 1 aliphatic heterocycles. The van der Waals surface area contributed by atoms with Crippen molar-refractivity contribution in [1.29, 1.82) is 0 Å². The largest absolute Gasteiger partial charge is 0.510 e. The first-order valence-corrected chi connectivity index (χ1v) is 7.81. The molecule has 0 amide bonds. The molecule has 1 atom stereocenters. The molecule has 0 aliphatic carbocycles. The van der Waals surface area contributed by atoms with E-state index >= 15 is 0 Å². The molecule has 21 heavy (non-hydrogen) atoms. The summed E-state index contributed by atoms with van der Waals surface area (Å²) in [7, 11) is 0. The van der Waals surface area contributed by atoms with Gasteiger partial charge < -0.3 is 18.9 Å². The fourth-order valence-corrected chi connectivity index (χ4v) is 2.12. The van der Waals surface area contributed by atoms with Crippen molar-refractivity contribution < 1.29 is 23.7 Å². The van der Waals surface area contributed by atoms with Crippen LogP contribution in [0, 0.1) is 0 Å². The number of hydrogen-bond acceptors (Lipinski definition) is 5. The van der Waals surface area contributed by atoms with E-state index in [-0.39, 0.29) is 0 Å². The second kappa shape index (κ2) is 7.66. The Morgan fingerprint density at radius 2 is 2.05 bits per heavy atom. The fourth-order valence-electron chi connectivity index (χ4n) is 1.85. The van der Waals surface area contributed by atoms with Gasteiger partial charge in [0.05, 0.1) is 13.2 Å². The van der Waals surface area contributed by atoms with E-state index in [0.29, 0.717) is 26.2 Å². The molecule has 1 aromatic carbocycles. The molecule has 116 valence electrons. The van der Waals surface area contributed by atoms with Crippen LogP contribution < -0.4 is 4.74 Å². The Balaban J connectivity index is 1.59. The Labute approximate surface area is 132 Å². The molecular weight excluding hydrogens is 340 g/mol. The number of carbonyl (C=O) groups is 1. The molecule has 0 saturated carbocycles. The second-order valence-corrected chi connectivity index (χ2v) is 5.66. The van der Waals surface area contributed by atoms with Gasteiger partial charge in [0.25, 0.3) is 0 Å². The lowest BCUT2D eigenvalue weighted by molar-refractivity contribution is -0.0383. The molecule has 1 aromatic rings. The average Bonchev–Trinajstić information content (AvgIpc) is 3.20. The third kappa shape index (κ3) is 5.55. The molecule has 1 heterocycles. The lowest BCUT2D eigenvalue weighted by Gasteiger charge is -2.12. The molecule has 1 fully saturated rings. The van der Waals surface area contributed by atoms with Crippen molar-refractivity contribution >= 4 is 22.1 Å². The van der Waals surface area contributed by atoms with Gasteiger partial charge in [0.2, 0.25) is 5.79 Å². The predicted octanol–water partition coefficient (Wildman–Crippen LogP) is 3.90. The Morgan fingerprint density at radius 3 is 2.67 bits per heavy atom. The molecule has 0 bridgehead atoms. The van der Waals surface area contributed by atoms with Crippen molar-refractivity contribution in [1.82, 2.24) is 0 Å². The maximum atomic E-state index is 11.2. The number of hydrogen-bond donors (Lipinski definition) is 0.